The quantitative estimate of drug-likeness (QED) is 0.240. The van der Waals surface area contributed by atoms with E-state index in [2.05, 4.69) is 19.2 Å². The van der Waals surface area contributed by atoms with Crippen molar-refractivity contribution in [2.45, 2.75) is 67.7 Å². The lowest BCUT2D eigenvalue weighted by Crippen LogP contribution is -2.32. The second kappa shape index (κ2) is 19.2. The molecule has 0 saturated heterocycles. The van der Waals surface area contributed by atoms with Crippen molar-refractivity contribution in [3.8, 4) is 0 Å². The van der Waals surface area contributed by atoms with Crippen molar-refractivity contribution in [1.29, 1.82) is 0 Å². The summed E-state index contributed by atoms with van der Waals surface area (Å²) in [7, 11) is -1.34. The van der Waals surface area contributed by atoms with Crippen LogP contribution in [-0.2, 0) is 6.42 Å². The topological polar surface area (TPSA) is 113 Å². The molecule has 0 bridgehead atoms. The van der Waals surface area contributed by atoms with E-state index in [-0.39, 0.29) is 11.6 Å². The minimum atomic E-state index is -1.34. The van der Waals surface area contributed by atoms with Gasteiger partial charge in [-0.15, -0.1) is 0 Å². The molecule has 3 rings (SSSR count). The van der Waals surface area contributed by atoms with E-state index in [1.165, 1.54) is 13.8 Å². The average molecular weight is 509 g/mol. The monoisotopic (exact) mass is 508 g/mol. The first-order valence-electron chi connectivity index (χ1n) is 13.2. The fourth-order valence-corrected chi connectivity index (χ4v) is 3.52. The smallest absolute Gasteiger partial charge is 0.423 e. The lowest BCUT2D eigenvalue weighted by Gasteiger charge is -2.13. The zero-order valence-corrected chi connectivity index (χ0v) is 23.6. The molecule has 0 spiro atoms. The van der Waals surface area contributed by atoms with Crippen molar-refractivity contribution in [2.24, 2.45) is 5.73 Å². The first-order valence-corrected chi connectivity index (χ1v) is 13.2. The van der Waals surface area contributed by atoms with Crippen molar-refractivity contribution in [3.63, 3.8) is 0 Å². The molecule has 0 fully saturated rings. The van der Waals surface area contributed by atoms with Crippen LogP contribution in [0.1, 0.15) is 87.6 Å². The predicted molar refractivity (Wildman–Crippen MR) is 159 cm³/mol. The Kier molecular flexibility index (Phi) is 17.6. The number of carbonyl (C=O) groups excluding carboxylic acids is 2. The van der Waals surface area contributed by atoms with Crippen molar-refractivity contribution >= 4 is 40.6 Å². The second-order valence-corrected chi connectivity index (χ2v) is 8.14. The van der Waals surface area contributed by atoms with Gasteiger partial charge in [-0.25, -0.2) is 0 Å². The molecule has 0 heterocycles. The molecular formula is C30H45BN2O4. The summed E-state index contributed by atoms with van der Waals surface area (Å²) in [5.74, 6) is -0.0449. The van der Waals surface area contributed by atoms with Gasteiger partial charge in [-0.2, -0.15) is 0 Å². The zero-order chi connectivity index (χ0) is 28.4. The van der Waals surface area contributed by atoms with Gasteiger partial charge in [0.15, 0.2) is 11.6 Å². The zero-order valence-electron chi connectivity index (χ0n) is 23.6. The van der Waals surface area contributed by atoms with E-state index in [0.29, 0.717) is 16.6 Å². The summed E-state index contributed by atoms with van der Waals surface area (Å²) in [5, 5.41) is 22.8. The molecule has 0 aliphatic carbocycles. The van der Waals surface area contributed by atoms with Gasteiger partial charge < -0.3 is 21.1 Å². The van der Waals surface area contributed by atoms with Gasteiger partial charge >= 0.3 is 7.12 Å². The van der Waals surface area contributed by atoms with E-state index < -0.39 is 7.12 Å². The summed E-state index contributed by atoms with van der Waals surface area (Å²) in [6.45, 7) is 14.9. The number of ketones is 2. The SMILES string of the molecule is CC.CCCN.CCCNc1ccc(C(C)=O)c2c(C(C)=O)cccc12.CCc1ccccc1B(O)O. The molecule has 3 aromatic carbocycles. The highest BCUT2D eigenvalue weighted by molar-refractivity contribution is 6.59. The van der Waals surface area contributed by atoms with Crippen LogP contribution in [-0.4, -0.2) is 41.8 Å². The van der Waals surface area contributed by atoms with Gasteiger partial charge in [-0.3, -0.25) is 9.59 Å². The Morgan fingerprint density at radius 3 is 1.86 bits per heavy atom. The first-order chi connectivity index (χ1) is 17.7. The fourth-order valence-electron chi connectivity index (χ4n) is 3.52. The van der Waals surface area contributed by atoms with Crippen LogP contribution in [0.4, 0.5) is 5.69 Å². The minimum Gasteiger partial charge on any atom is -0.423 e. The third-order valence-electron chi connectivity index (χ3n) is 5.37. The van der Waals surface area contributed by atoms with Crippen molar-refractivity contribution in [2.75, 3.05) is 18.4 Å². The van der Waals surface area contributed by atoms with Crippen LogP contribution in [0.3, 0.4) is 0 Å². The molecular weight excluding hydrogens is 463 g/mol. The van der Waals surface area contributed by atoms with Gasteiger partial charge in [0.05, 0.1) is 0 Å². The number of carbonyl (C=O) groups is 2. The molecule has 202 valence electrons. The van der Waals surface area contributed by atoms with Crippen LogP contribution in [0, 0.1) is 0 Å². The van der Waals surface area contributed by atoms with Crippen LogP contribution in [0.5, 0.6) is 0 Å². The van der Waals surface area contributed by atoms with Crippen molar-refractivity contribution < 1.29 is 19.6 Å². The number of rotatable bonds is 8. The first kappa shape index (κ1) is 34.0. The minimum absolute atomic E-state index is 0.0225. The number of benzene rings is 3. The molecule has 6 nitrogen and oxygen atoms in total. The van der Waals surface area contributed by atoms with Gasteiger partial charge in [0.1, 0.15) is 0 Å². The summed E-state index contributed by atoms with van der Waals surface area (Å²) in [6, 6.07) is 16.6. The number of aryl methyl sites for hydroxylation is 1. The van der Waals surface area contributed by atoms with Crippen LogP contribution in [0.25, 0.3) is 10.8 Å². The maximum atomic E-state index is 11.8. The van der Waals surface area contributed by atoms with E-state index in [0.717, 1.165) is 54.4 Å². The second-order valence-electron chi connectivity index (χ2n) is 8.14. The van der Waals surface area contributed by atoms with Gasteiger partial charge in [0, 0.05) is 34.1 Å². The maximum Gasteiger partial charge on any atom is 0.488 e. The molecule has 0 saturated carbocycles. The van der Waals surface area contributed by atoms with E-state index in [4.69, 9.17) is 15.8 Å². The standard InChI is InChI=1S/C17H19NO2.C8H11BO2.C3H9N.C2H6/c1-4-10-18-16-9-8-14(12(3)20)17-13(11(2)19)6-5-7-15(16)17;1-2-7-5-3-4-6-8(7)9(10)11;1-2-3-4;1-2/h5-9,18H,4,10H2,1-3H3;3-6,10-11H,2H2,1H3;2-4H2,1H3;1-2H3. The number of hydrogen-bond acceptors (Lipinski definition) is 6. The lowest BCUT2D eigenvalue weighted by molar-refractivity contribution is 0.101. The largest absolute Gasteiger partial charge is 0.488 e. The molecule has 7 heteroatoms. The van der Waals surface area contributed by atoms with Gasteiger partial charge in [-0.1, -0.05) is 77.1 Å². The number of fused-ring (bicyclic) bond motifs is 1. The molecule has 0 unspecified atom stereocenters. The van der Waals surface area contributed by atoms with Crippen LogP contribution in [0.2, 0.25) is 0 Å². The highest BCUT2D eigenvalue weighted by Gasteiger charge is 2.15. The van der Waals surface area contributed by atoms with Gasteiger partial charge in [-0.05, 0) is 62.8 Å². The summed E-state index contributed by atoms with van der Waals surface area (Å²) in [4.78, 5) is 23.7. The lowest BCUT2D eigenvalue weighted by atomic mass is 9.76. The highest BCUT2D eigenvalue weighted by atomic mass is 16.4. The Hall–Kier alpha value is -3.00. The van der Waals surface area contributed by atoms with E-state index in [1.54, 1.807) is 24.3 Å². The molecule has 0 aliphatic rings. The fraction of sp³-hybridized carbons (Fsp3) is 0.400. The molecule has 5 N–H and O–H groups in total. The van der Waals surface area contributed by atoms with Crippen LogP contribution in [0.15, 0.2) is 54.6 Å². The molecule has 37 heavy (non-hydrogen) atoms. The summed E-state index contributed by atoms with van der Waals surface area (Å²) in [5.41, 5.74) is 8.80. The Bertz CT molecular complexity index is 1080. The van der Waals surface area contributed by atoms with Gasteiger partial charge in [0.25, 0.3) is 0 Å². The predicted octanol–water partition coefficient (Wildman–Crippen LogP) is 5.38. The highest BCUT2D eigenvalue weighted by Crippen LogP contribution is 2.30. The summed E-state index contributed by atoms with van der Waals surface area (Å²) in [6.07, 6.45) is 2.94. The van der Waals surface area contributed by atoms with E-state index >= 15 is 0 Å². The number of nitrogens with one attached hydrogen (secondary N) is 1. The molecule has 0 radical (unpaired) electrons. The third kappa shape index (κ3) is 10.9. The molecule has 0 aliphatic heterocycles. The molecule has 3 aromatic rings. The number of Topliss-reactive ketones (excluding diaryl/α,β-unsaturated/α-hetero) is 2. The van der Waals surface area contributed by atoms with E-state index in [1.807, 2.05) is 51.1 Å². The van der Waals surface area contributed by atoms with Crippen LogP contribution < -0.4 is 16.5 Å². The summed E-state index contributed by atoms with van der Waals surface area (Å²) < 4.78 is 0. The average Bonchev–Trinajstić information content (AvgIpc) is 2.92. The number of nitrogens with two attached hydrogens (primary N) is 1. The molecule has 0 amide bonds. The number of hydrogen-bond donors (Lipinski definition) is 4. The van der Waals surface area contributed by atoms with E-state index in [9.17, 15) is 9.59 Å². The maximum absolute atomic E-state index is 11.8. The molecule has 0 atom stereocenters. The Balaban J connectivity index is 0.000000640. The van der Waals surface area contributed by atoms with Crippen LogP contribution >= 0.6 is 0 Å². The Morgan fingerprint density at radius 2 is 1.41 bits per heavy atom. The Labute approximate surface area is 223 Å². The summed E-state index contributed by atoms with van der Waals surface area (Å²) >= 11 is 0. The van der Waals surface area contributed by atoms with Crippen molar-refractivity contribution in [1.82, 2.24) is 0 Å². The number of anilines is 1. The third-order valence-corrected chi connectivity index (χ3v) is 5.37. The van der Waals surface area contributed by atoms with Gasteiger partial charge in [0.2, 0.25) is 0 Å². The normalized spacial score (nSPS) is 9.57. The molecule has 0 aromatic heterocycles. The Morgan fingerprint density at radius 1 is 0.838 bits per heavy atom. The van der Waals surface area contributed by atoms with Crippen molar-refractivity contribution in [3.05, 3.63) is 71.3 Å².